The molecule has 0 saturated carbocycles. The summed E-state index contributed by atoms with van der Waals surface area (Å²) < 4.78 is 40.7. The second-order valence-electron chi connectivity index (χ2n) is 7.92. The molecule has 1 amide bonds. The normalized spacial score (nSPS) is 18.5. The molecule has 0 bridgehead atoms. The number of likely N-dealkylation sites (tertiary alicyclic amines) is 1. The lowest BCUT2D eigenvalue weighted by molar-refractivity contribution is -0.274. The van der Waals surface area contributed by atoms with E-state index in [9.17, 15) is 23.1 Å². The first kappa shape index (κ1) is 23.1. The summed E-state index contributed by atoms with van der Waals surface area (Å²) in [5.41, 5.74) is 1.34. The van der Waals surface area contributed by atoms with E-state index in [0.29, 0.717) is 11.5 Å². The number of aliphatic hydroxyl groups excluding tert-OH is 1. The maximum absolute atomic E-state index is 12.7. The Morgan fingerprint density at radius 3 is 2.64 bits per heavy atom. The Labute approximate surface area is 191 Å². The van der Waals surface area contributed by atoms with Gasteiger partial charge in [-0.2, -0.15) is 4.98 Å². The van der Waals surface area contributed by atoms with Gasteiger partial charge in [0.2, 0.25) is 11.9 Å². The fourth-order valence-corrected chi connectivity index (χ4v) is 4.38. The Morgan fingerprint density at radius 1 is 1.24 bits per heavy atom. The van der Waals surface area contributed by atoms with E-state index >= 15 is 0 Å². The Balaban J connectivity index is 1.39. The van der Waals surface area contributed by atoms with E-state index < -0.39 is 18.5 Å². The number of aromatic nitrogens is 2. The van der Waals surface area contributed by atoms with Gasteiger partial charge in [0.05, 0.1) is 29.5 Å². The monoisotopic (exact) mass is 481 g/mol. The molecule has 2 aromatic heterocycles. The quantitative estimate of drug-likeness (QED) is 0.560. The van der Waals surface area contributed by atoms with Crippen molar-refractivity contribution < 1.29 is 27.8 Å². The van der Waals surface area contributed by atoms with Crippen LogP contribution in [-0.4, -0.2) is 71.6 Å². The number of amides is 1. The molecule has 8 nitrogen and oxygen atoms in total. The van der Waals surface area contributed by atoms with Gasteiger partial charge in [-0.15, -0.1) is 24.5 Å². The van der Waals surface area contributed by atoms with Gasteiger partial charge < -0.3 is 25.0 Å². The molecule has 33 heavy (non-hydrogen) atoms. The highest BCUT2D eigenvalue weighted by Crippen LogP contribution is 2.28. The van der Waals surface area contributed by atoms with Gasteiger partial charge in [-0.3, -0.25) is 4.79 Å². The van der Waals surface area contributed by atoms with Crippen LogP contribution in [0.5, 0.6) is 5.75 Å². The van der Waals surface area contributed by atoms with Gasteiger partial charge in [-0.1, -0.05) is 12.1 Å². The number of hydrogen-bond acceptors (Lipinski definition) is 8. The van der Waals surface area contributed by atoms with Crippen LogP contribution in [0.15, 0.2) is 35.0 Å². The molecule has 2 atom stereocenters. The zero-order valence-corrected chi connectivity index (χ0v) is 18.7. The average molecular weight is 482 g/mol. The van der Waals surface area contributed by atoms with Crippen LogP contribution in [-0.2, 0) is 11.2 Å². The first-order chi connectivity index (χ1) is 15.6. The predicted molar refractivity (Wildman–Crippen MR) is 119 cm³/mol. The van der Waals surface area contributed by atoms with Crippen LogP contribution >= 0.6 is 11.3 Å². The van der Waals surface area contributed by atoms with Crippen molar-refractivity contribution in [3.8, 4) is 5.75 Å². The van der Waals surface area contributed by atoms with Crippen LogP contribution in [0.3, 0.4) is 0 Å². The summed E-state index contributed by atoms with van der Waals surface area (Å²) in [6, 6.07) is 4.70. The average Bonchev–Trinajstić information content (AvgIpc) is 3.34. The van der Waals surface area contributed by atoms with Crippen LogP contribution < -0.4 is 15.0 Å². The SMILES string of the molecule is CN(C)c1nc(N[C@@H]2CN(C(=O)Cc3ccc(OC(F)(F)F)cc3)C[C@H]2O)nc2cscc12. The highest BCUT2D eigenvalue weighted by atomic mass is 32.1. The second kappa shape index (κ2) is 9.02. The number of fused-ring (bicyclic) bond motifs is 1. The summed E-state index contributed by atoms with van der Waals surface area (Å²) in [5.74, 6) is 0.524. The number of ether oxygens (including phenoxy) is 1. The number of nitrogens with one attached hydrogen (secondary N) is 1. The van der Waals surface area contributed by atoms with Gasteiger partial charge in [-0.05, 0) is 17.7 Å². The Bertz CT molecular complexity index is 1140. The summed E-state index contributed by atoms with van der Waals surface area (Å²) in [5, 5.41) is 18.5. The zero-order valence-electron chi connectivity index (χ0n) is 17.8. The minimum absolute atomic E-state index is 0.00607. The summed E-state index contributed by atoms with van der Waals surface area (Å²) in [7, 11) is 3.77. The van der Waals surface area contributed by atoms with Gasteiger partial charge in [0.25, 0.3) is 0 Å². The van der Waals surface area contributed by atoms with E-state index in [2.05, 4.69) is 20.0 Å². The van der Waals surface area contributed by atoms with Crippen molar-refractivity contribution in [2.45, 2.75) is 24.9 Å². The number of rotatable bonds is 6. The second-order valence-corrected chi connectivity index (χ2v) is 8.66. The van der Waals surface area contributed by atoms with Gasteiger partial charge in [0.15, 0.2) is 0 Å². The van der Waals surface area contributed by atoms with E-state index in [0.717, 1.165) is 16.7 Å². The van der Waals surface area contributed by atoms with Gasteiger partial charge in [0.1, 0.15) is 11.6 Å². The number of carbonyl (C=O) groups excluding carboxylic acids is 1. The third kappa shape index (κ3) is 5.45. The van der Waals surface area contributed by atoms with Crippen LogP contribution in [0.25, 0.3) is 10.9 Å². The topological polar surface area (TPSA) is 90.8 Å². The maximum atomic E-state index is 12.7. The third-order valence-electron chi connectivity index (χ3n) is 5.21. The number of alkyl halides is 3. The summed E-state index contributed by atoms with van der Waals surface area (Å²) >= 11 is 1.52. The van der Waals surface area contributed by atoms with E-state index in [1.54, 1.807) is 0 Å². The van der Waals surface area contributed by atoms with Crippen molar-refractivity contribution in [2.75, 3.05) is 37.4 Å². The van der Waals surface area contributed by atoms with Gasteiger partial charge in [0, 0.05) is 37.9 Å². The van der Waals surface area contributed by atoms with Crippen molar-refractivity contribution >= 4 is 39.9 Å². The smallest absolute Gasteiger partial charge is 0.406 e. The molecule has 0 unspecified atom stereocenters. The van der Waals surface area contributed by atoms with Crippen LogP contribution in [0.4, 0.5) is 24.9 Å². The molecule has 1 aliphatic heterocycles. The summed E-state index contributed by atoms with van der Waals surface area (Å²) in [6.07, 6.45) is -5.59. The van der Waals surface area contributed by atoms with Gasteiger partial charge >= 0.3 is 6.36 Å². The number of halogens is 3. The largest absolute Gasteiger partial charge is 0.573 e. The molecule has 4 rings (SSSR count). The van der Waals surface area contributed by atoms with E-state index in [1.165, 1.54) is 40.5 Å². The van der Waals surface area contributed by atoms with Crippen molar-refractivity contribution in [1.29, 1.82) is 0 Å². The molecule has 1 aliphatic rings. The first-order valence-electron chi connectivity index (χ1n) is 10.1. The standard InChI is InChI=1S/C21H22F3N5O3S/c1-28(2)19-14-10-33-11-16(14)26-20(27-19)25-15-8-29(9-17(15)30)18(31)7-12-3-5-13(6-4-12)32-21(22,23)24/h3-6,10-11,15,17,30H,7-9H2,1-2H3,(H,25,26)/t15-,17-/m1/s1. The molecule has 0 spiro atoms. The number of benzene rings is 1. The van der Waals surface area contributed by atoms with Crippen molar-refractivity contribution in [1.82, 2.24) is 14.9 Å². The molecular weight excluding hydrogens is 459 g/mol. The molecule has 0 aliphatic carbocycles. The predicted octanol–water partition coefficient (Wildman–Crippen LogP) is 2.88. The molecule has 0 radical (unpaired) electrons. The molecule has 12 heteroatoms. The van der Waals surface area contributed by atoms with E-state index in [4.69, 9.17) is 0 Å². The van der Waals surface area contributed by atoms with Crippen LogP contribution in [0, 0.1) is 0 Å². The zero-order chi connectivity index (χ0) is 23.8. The number of carbonyl (C=O) groups is 1. The third-order valence-corrected chi connectivity index (χ3v) is 5.94. The van der Waals surface area contributed by atoms with Crippen LogP contribution in [0.1, 0.15) is 5.56 Å². The van der Waals surface area contributed by atoms with E-state index in [-0.39, 0.29) is 31.2 Å². The lowest BCUT2D eigenvalue weighted by atomic mass is 10.1. The number of anilines is 2. The number of nitrogens with zero attached hydrogens (tertiary/aromatic N) is 4. The lowest BCUT2D eigenvalue weighted by Gasteiger charge is -2.19. The molecule has 2 N–H and O–H groups in total. The fraction of sp³-hybridized carbons (Fsp3) is 0.381. The Hall–Kier alpha value is -3.12. The maximum Gasteiger partial charge on any atom is 0.573 e. The Kier molecular flexibility index (Phi) is 6.30. The minimum atomic E-state index is -4.77. The lowest BCUT2D eigenvalue weighted by Crippen LogP contribution is -2.34. The van der Waals surface area contributed by atoms with Crippen LogP contribution in [0.2, 0.25) is 0 Å². The highest BCUT2D eigenvalue weighted by molar-refractivity contribution is 7.09. The molecule has 1 fully saturated rings. The first-order valence-corrected chi connectivity index (χ1v) is 11.0. The minimum Gasteiger partial charge on any atom is -0.406 e. The number of aliphatic hydroxyl groups is 1. The Morgan fingerprint density at radius 2 is 1.97 bits per heavy atom. The van der Waals surface area contributed by atoms with Crippen molar-refractivity contribution in [3.63, 3.8) is 0 Å². The molecular formula is C21H22F3N5O3S. The molecule has 3 aromatic rings. The van der Waals surface area contributed by atoms with E-state index in [1.807, 2.05) is 29.8 Å². The van der Waals surface area contributed by atoms with Crippen molar-refractivity contribution in [2.24, 2.45) is 0 Å². The number of thiophene rings is 1. The molecule has 176 valence electrons. The summed E-state index contributed by atoms with van der Waals surface area (Å²) in [4.78, 5) is 25.1. The summed E-state index contributed by atoms with van der Waals surface area (Å²) in [6.45, 7) is 0.380. The molecule has 3 heterocycles. The number of β-amino-alcohol motifs (C(OH)–C–C–N with tert-alkyl or cyclic N) is 1. The number of hydrogen-bond donors (Lipinski definition) is 2. The molecule has 1 saturated heterocycles. The van der Waals surface area contributed by atoms with Gasteiger partial charge in [-0.25, -0.2) is 4.98 Å². The highest BCUT2D eigenvalue weighted by Gasteiger charge is 2.35. The van der Waals surface area contributed by atoms with Crippen molar-refractivity contribution in [3.05, 3.63) is 40.6 Å². The molecule has 1 aromatic carbocycles. The fourth-order valence-electron chi connectivity index (χ4n) is 3.64.